The summed E-state index contributed by atoms with van der Waals surface area (Å²) in [6, 6.07) is 17.9. The number of nitrogens with one attached hydrogen (secondary N) is 1. The van der Waals surface area contributed by atoms with Crippen molar-refractivity contribution in [3.05, 3.63) is 66.2 Å². The number of fused-ring (bicyclic) bond motifs is 1. The van der Waals surface area contributed by atoms with Gasteiger partial charge in [0.2, 0.25) is 10.0 Å². The van der Waals surface area contributed by atoms with Crippen LogP contribution in [0.4, 0.5) is 5.69 Å². The quantitative estimate of drug-likeness (QED) is 0.635. The van der Waals surface area contributed by atoms with Gasteiger partial charge in [0.15, 0.2) is 0 Å². The maximum absolute atomic E-state index is 13.1. The summed E-state index contributed by atoms with van der Waals surface area (Å²) in [5.74, 6) is 0.423. The molecule has 0 radical (unpaired) electrons. The molecule has 1 aliphatic heterocycles. The maximum Gasteiger partial charge on any atom is 0.259 e. The Balaban J connectivity index is 1.62. The molecule has 0 atom stereocenters. The van der Waals surface area contributed by atoms with E-state index < -0.39 is 15.9 Å². The van der Waals surface area contributed by atoms with Crippen molar-refractivity contribution in [2.24, 2.45) is 5.92 Å². The van der Waals surface area contributed by atoms with E-state index in [1.54, 1.807) is 0 Å². The first-order valence-electron chi connectivity index (χ1n) is 10.4. The lowest BCUT2D eigenvalue weighted by molar-refractivity contribution is 0.102. The Kier molecular flexibility index (Phi) is 5.98. The largest absolute Gasteiger partial charge is 0.496 e. The highest BCUT2D eigenvalue weighted by Crippen LogP contribution is 2.28. The Hall–Kier alpha value is -2.90. The molecular weight excluding hydrogens is 412 g/mol. The Labute approximate surface area is 182 Å². The van der Waals surface area contributed by atoms with Crippen LogP contribution < -0.4 is 10.1 Å². The first-order chi connectivity index (χ1) is 14.9. The minimum Gasteiger partial charge on any atom is -0.496 e. The summed E-state index contributed by atoms with van der Waals surface area (Å²) in [7, 11) is -2.21. The number of amides is 1. The number of methoxy groups -OCH3 is 1. The van der Waals surface area contributed by atoms with Gasteiger partial charge < -0.3 is 10.1 Å². The molecule has 1 heterocycles. The predicted octanol–water partition coefficient (Wildman–Crippen LogP) is 4.52. The molecule has 3 aromatic rings. The molecule has 31 heavy (non-hydrogen) atoms. The number of carbonyl (C=O) groups excluding carboxylic acids is 1. The zero-order chi connectivity index (χ0) is 22.0. The molecule has 162 valence electrons. The lowest BCUT2D eigenvalue weighted by atomic mass is 10.0. The zero-order valence-corrected chi connectivity index (χ0v) is 18.5. The smallest absolute Gasteiger partial charge is 0.259 e. The van der Waals surface area contributed by atoms with Gasteiger partial charge in [0, 0.05) is 18.8 Å². The van der Waals surface area contributed by atoms with Crippen LogP contribution in [0.15, 0.2) is 65.6 Å². The van der Waals surface area contributed by atoms with E-state index in [0.29, 0.717) is 30.4 Å². The molecule has 0 bridgehead atoms. The van der Waals surface area contributed by atoms with E-state index in [2.05, 4.69) is 12.2 Å². The summed E-state index contributed by atoms with van der Waals surface area (Å²) in [5.41, 5.74) is 0.811. The van der Waals surface area contributed by atoms with E-state index in [1.165, 1.54) is 29.6 Å². The van der Waals surface area contributed by atoms with Gasteiger partial charge in [-0.15, -0.1) is 0 Å². The highest BCUT2D eigenvalue weighted by Gasteiger charge is 2.29. The lowest BCUT2D eigenvalue weighted by Gasteiger charge is -2.29. The van der Waals surface area contributed by atoms with Gasteiger partial charge in [-0.2, -0.15) is 4.31 Å². The Morgan fingerprint density at radius 2 is 1.71 bits per heavy atom. The number of nitrogens with zero attached hydrogens (tertiary/aromatic N) is 1. The van der Waals surface area contributed by atoms with E-state index >= 15 is 0 Å². The van der Waals surface area contributed by atoms with Gasteiger partial charge in [0.05, 0.1) is 17.6 Å². The number of sulfonamides is 1. The van der Waals surface area contributed by atoms with Crippen LogP contribution >= 0.6 is 0 Å². The number of benzene rings is 3. The number of hydrogen-bond donors (Lipinski definition) is 1. The lowest BCUT2D eigenvalue weighted by Crippen LogP contribution is -2.37. The van der Waals surface area contributed by atoms with Gasteiger partial charge >= 0.3 is 0 Å². The second-order valence-corrected chi connectivity index (χ2v) is 9.90. The molecule has 1 amide bonds. The average molecular weight is 439 g/mol. The third-order valence-corrected chi connectivity index (χ3v) is 7.70. The molecule has 1 aliphatic rings. The van der Waals surface area contributed by atoms with Crippen molar-refractivity contribution in [3.8, 4) is 5.75 Å². The van der Waals surface area contributed by atoms with Crippen LogP contribution in [0.2, 0.25) is 0 Å². The molecule has 0 saturated carbocycles. The Bertz CT molecular complexity index is 1220. The monoisotopic (exact) mass is 438 g/mol. The van der Waals surface area contributed by atoms with Crippen molar-refractivity contribution in [3.63, 3.8) is 0 Å². The minimum absolute atomic E-state index is 0.103. The number of carbonyl (C=O) groups is 1. The fourth-order valence-corrected chi connectivity index (χ4v) is 5.36. The third kappa shape index (κ3) is 4.43. The number of ether oxygens (including phenoxy) is 1. The molecule has 6 nitrogen and oxygen atoms in total. The van der Waals surface area contributed by atoms with Crippen LogP contribution in [-0.4, -0.2) is 38.8 Å². The highest BCUT2D eigenvalue weighted by atomic mass is 32.2. The molecule has 1 N–H and O–H groups in total. The van der Waals surface area contributed by atoms with Gasteiger partial charge in [-0.1, -0.05) is 37.3 Å². The van der Waals surface area contributed by atoms with Crippen molar-refractivity contribution in [1.82, 2.24) is 4.31 Å². The summed E-state index contributed by atoms with van der Waals surface area (Å²) < 4.78 is 33.1. The maximum atomic E-state index is 13.1. The second kappa shape index (κ2) is 8.69. The van der Waals surface area contributed by atoms with Crippen LogP contribution in [0.1, 0.15) is 30.1 Å². The molecule has 4 rings (SSSR count). The van der Waals surface area contributed by atoms with Gasteiger partial charge in [-0.05, 0) is 59.9 Å². The van der Waals surface area contributed by atoms with Crippen LogP contribution in [0.5, 0.6) is 5.75 Å². The van der Waals surface area contributed by atoms with Crippen LogP contribution in [-0.2, 0) is 10.0 Å². The van der Waals surface area contributed by atoms with E-state index in [-0.39, 0.29) is 10.5 Å². The van der Waals surface area contributed by atoms with Crippen LogP contribution in [0.3, 0.4) is 0 Å². The Morgan fingerprint density at radius 1 is 1.00 bits per heavy atom. The van der Waals surface area contributed by atoms with Gasteiger partial charge in [0.25, 0.3) is 5.91 Å². The first-order valence-corrected chi connectivity index (χ1v) is 11.8. The van der Waals surface area contributed by atoms with Crippen LogP contribution in [0, 0.1) is 5.92 Å². The molecule has 0 spiro atoms. The summed E-state index contributed by atoms with van der Waals surface area (Å²) in [4.78, 5) is 13.1. The molecular formula is C24H26N2O4S. The standard InChI is InChI=1S/C24H26N2O4S/c1-17-11-13-26(14-12-17)31(28,29)21-9-10-23(30-2)22(16-21)24(27)25-20-8-7-18-5-3-4-6-19(18)15-20/h3-10,15-17H,11-14H2,1-2H3,(H,25,27). The number of anilines is 1. The fraction of sp³-hybridized carbons (Fsp3) is 0.292. The van der Waals surface area contributed by atoms with Crippen molar-refractivity contribution < 1.29 is 17.9 Å². The average Bonchev–Trinajstić information content (AvgIpc) is 2.78. The molecule has 7 heteroatoms. The Morgan fingerprint density at radius 3 is 2.42 bits per heavy atom. The van der Waals surface area contributed by atoms with E-state index in [1.807, 2.05) is 42.5 Å². The van der Waals surface area contributed by atoms with Gasteiger partial charge in [0.1, 0.15) is 5.75 Å². The van der Waals surface area contributed by atoms with Crippen LogP contribution in [0.25, 0.3) is 10.8 Å². The van der Waals surface area contributed by atoms with E-state index in [4.69, 9.17) is 4.74 Å². The summed E-state index contributed by atoms with van der Waals surface area (Å²) >= 11 is 0. The second-order valence-electron chi connectivity index (χ2n) is 7.96. The fourth-order valence-electron chi connectivity index (χ4n) is 3.86. The normalized spacial score (nSPS) is 15.7. The number of piperidine rings is 1. The van der Waals surface area contributed by atoms with Crippen molar-refractivity contribution in [2.45, 2.75) is 24.7 Å². The summed E-state index contributed by atoms with van der Waals surface area (Å²) in [5, 5.41) is 4.94. The van der Waals surface area contributed by atoms with Crippen molar-refractivity contribution in [2.75, 3.05) is 25.5 Å². The number of hydrogen-bond acceptors (Lipinski definition) is 4. The summed E-state index contributed by atoms with van der Waals surface area (Å²) in [6.45, 7) is 3.12. The third-order valence-electron chi connectivity index (χ3n) is 5.80. The van der Waals surface area contributed by atoms with Crippen molar-refractivity contribution >= 4 is 32.4 Å². The van der Waals surface area contributed by atoms with Gasteiger partial charge in [-0.25, -0.2) is 8.42 Å². The highest BCUT2D eigenvalue weighted by molar-refractivity contribution is 7.89. The summed E-state index contributed by atoms with van der Waals surface area (Å²) in [6.07, 6.45) is 1.68. The van der Waals surface area contributed by atoms with Crippen molar-refractivity contribution in [1.29, 1.82) is 0 Å². The predicted molar refractivity (Wildman–Crippen MR) is 122 cm³/mol. The molecule has 1 saturated heterocycles. The zero-order valence-electron chi connectivity index (χ0n) is 17.7. The minimum atomic E-state index is -3.67. The molecule has 0 unspecified atom stereocenters. The topological polar surface area (TPSA) is 75.7 Å². The molecule has 3 aromatic carbocycles. The van der Waals surface area contributed by atoms with Gasteiger partial charge in [-0.3, -0.25) is 4.79 Å². The number of rotatable bonds is 5. The molecule has 0 aliphatic carbocycles. The SMILES string of the molecule is COc1ccc(S(=O)(=O)N2CCC(C)CC2)cc1C(=O)Nc1ccc2ccccc2c1. The van der Waals surface area contributed by atoms with E-state index in [9.17, 15) is 13.2 Å². The van der Waals surface area contributed by atoms with E-state index in [0.717, 1.165) is 23.6 Å². The molecule has 0 aromatic heterocycles. The molecule has 1 fully saturated rings. The first kappa shape index (κ1) is 21.3.